The molecule has 0 aromatic heterocycles. The zero-order valence-corrected chi connectivity index (χ0v) is 14.1. The van der Waals surface area contributed by atoms with Crippen molar-refractivity contribution in [3.05, 3.63) is 0 Å². The van der Waals surface area contributed by atoms with Crippen molar-refractivity contribution in [2.75, 3.05) is 32.7 Å². The van der Waals surface area contributed by atoms with Crippen molar-refractivity contribution in [3.63, 3.8) is 0 Å². The van der Waals surface area contributed by atoms with Crippen molar-refractivity contribution >= 4 is 11.8 Å². The Morgan fingerprint density at radius 1 is 1.00 bits per heavy atom. The van der Waals surface area contributed by atoms with Crippen molar-refractivity contribution in [3.8, 4) is 0 Å². The Kier molecular flexibility index (Phi) is 6.68. The van der Waals surface area contributed by atoms with Crippen LogP contribution in [-0.2, 0) is 9.59 Å². The van der Waals surface area contributed by atoms with Gasteiger partial charge in [-0.05, 0) is 52.6 Å². The Bertz CT molecular complexity index is 368. The molecule has 2 aliphatic heterocycles. The van der Waals surface area contributed by atoms with Crippen molar-refractivity contribution in [2.45, 2.75) is 58.4 Å². The summed E-state index contributed by atoms with van der Waals surface area (Å²) in [5, 5.41) is 2.93. The highest BCUT2D eigenvalue weighted by Gasteiger charge is 2.29. The van der Waals surface area contributed by atoms with E-state index in [1.54, 1.807) is 0 Å². The predicted molar refractivity (Wildman–Crippen MR) is 87.5 cm³/mol. The van der Waals surface area contributed by atoms with Gasteiger partial charge in [0.2, 0.25) is 11.8 Å². The molecule has 2 saturated heterocycles. The maximum atomic E-state index is 12.6. The van der Waals surface area contributed by atoms with Crippen molar-refractivity contribution < 1.29 is 9.59 Å². The summed E-state index contributed by atoms with van der Waals surface area (Å²) < 4.78 is 0. The average molecular weight is 309 g/mol. The molecular formula is C17H31N3O2. The van der Waals surface area contributed by atoms with E-state index in [2.05, 4.69) is 15.1 Å². The minimum absolute atomic E-state index is 0.0901. The molecule has 2 fully saturated rings. The molecule has 0 bridgehead atoms. The fourth-order valence-corrected chi connectivity index (χ4v) is 3.46. The van der Waals surface area contributed by atoms with Gasteiger partial charge in [-0.2, -0.15) is 0 Å². The summed E-state index contributed by atoms with van der Waals surface area (Å²) in [5.74, 6) is 0.614. The fourth-order valence-electron chi connectivity index (χ4n) is 3.46. The van der Waals surface area contributed by atoms with Crippen LogP contribution in [-0.4, -0.2) is 60.4 Å². The van der Waals surface area contributed by atoms with Gasteiger partial charge < -0.3 is 10.2 Å². The van der Waals surface area contributed by atoms with Crippen LogP contribution in [0.4, 0.5) is 0 Å². The Morgan fingerprint density at radius 3 is 2.14 bits per heavy atom. The van der Waals surface area contributed by atoms with Crippen LogP contribution in [0.3, 0.4) is 0 Å². The van der Waals surface area contributed by atoms with Crippen molar-refractivity contribution in [2.24, 2.45) is 5.92 Å². The number of carbonyl (C=O) groups is 2. The molecule has 0 aromatic rings. The first-order valence-electron chi connectivity index (χ1n) is 8.87. The van der Waals surface area contributed by atoms with Crippen LogP contribution >= 0.6 is 0 Å². The lowest BCUT2D eigenvalue weighted by atomic mass is 9.95. The van der Waals surface area contributed by atoms with E-state index in [0.29, 0.717) is 12.5 Å². The van der Waals surface area contributed by atoms with Crippen LogP contribution in [0.5, 0.6) is 0 Å². The van der Waals surface area contributed by atoms with E-state index in [9.17, 15) is 9.59 Å². The third-order valence-electron chi connectivity index (χ3n) is 4.67. The van der Waals surface area contributed by atoms with Gasteiger partial charge in [-0.25, -0.2) is 0 Å². The zero-order chi connectivity index (χ0) is 15.9. The van der Waals surface area contributed by atoms with Crippen LogP contribution in [0.25, 0.3) is 0 Å². The summed E-state index contributed by atoms with van der Waals surface area (Å²) in [7, 11) is 0. The minimum Gasteiger partial charge on any atom is -0.353 e. The first-order chi connectivity index (χ1) is 10.6. The van der Waals surface area contributed by atoms with Gasteiger partial charge >= 0.3 is 0 Å². The Morgan fingerprint density at radius 2 is 1.59 bits per heavy atom. The lowest BCUT2D eigenvalue weighted by Gasteiger charge is -2.33. The second kappa shape index (κ2) is 8.51. The monoisotopic (exact) mass is 309 g/mol. The summed E-state index contributed by atoms with van der Waals surface area (Å²) in [6.07, 6.45) is 6.61. The standard InChI is InChI=1S/C17H31N3O2/c1-14(2)18-16(21)13-19-11-7-15(8-12-19)17(22)20-9-5-3-4-6-10-20/h14-15H,3-13H2,1-2H3,(H,18,21). The molecule has 5 heteroatoms. The van der Waals surface area contributed by atoms with Gasteiger partial charge in [0.05, 0.1) is 6.54 Å². The highest BCUT2D eigenvalue weighted by molar-refractivity contribution is 5.79. The van der Waals surface area contributed by atoms with Gasteiger partial charge in [0.25, 0.3) is 0 Å². The van der Waals surface area contributed by atoms with Crippen LogP contribution in [0, 0.1) is 5.92 Å². The topological polar surface area (TPSA) is 52.7 Å². The summed E-state index contributed by atoms with van der Waals surface area (Å²) in [6, 6.07) is 0.189. The molecule has 2 rings (SSSR count). The molecule has 0 unspecified atom stereocenters. The van der Waals surface area contributed by atoms with Gasteiger partial charge in [-0.15, -0.1) is 0 Å². The highest BCUT2D eigenvalue weighted by atomic mass is 16.2. The Hall–Kier alpha value is -1.10. The van der Waals surface area contributed by atoms with E-state index in [4.69, 9.17) is 0 Å². The van der Waals surface area contributed by atoms with Crippen molar-refractivity contribution in [1.29, 1.82) is 0 Å². The van der Waals surface area contributed by atoms with Gasteiger partial charge in [0.1, 0.15) is 0 Å². The molecule has 2 heterocycles. The quantitative estimate of drug-likeness (QED) is 0.859. The number of nitrogens with zero attached hydrogens (tertiary/aromatic N) is 2. The normalized spacial score (nSPS) is 21.7. The Labute approximate surface area is 134 Å². The number of nitrogens with one attached hydrogen (secondary N) is 1. The number of rotatable bonds is 4. The van der Waals surface area contributed by atoms with Crippen LogP contribution in [0.1, 0.15) is 52.4 Å². The fraction of sp³-hybridized carbons (Fsp3) is 0.882. The SMILES string of the molecule is CC(C)NC(=O)CN1CCC(C(=O)N2CCCCCC2)CC1. The van der Waals surface area contributed by atoms with Crippen LogP contribution in [0.15, 0.2) is 0 Å². The molecule has 126 valence electrons. The number of piperidine rings is 1. The number of carbonyl (C=O) groups excluding carboxylic acids is 2. The number of hydrogen-bond acceptors (Lipinski definition) is 3. The molecule has 5 nitrogen and oxygen atoms in total. The second-order valence-electron chi connectivity index (χ2n) is 7.01. The molecular weight excluding hydrogens is 278 g/mol. The highest BCUT2D eigenvalue weighted by Crippen LogP contribution is 2.21. The molecule has 0 atom stereocenters. The van der Waals surface area contributed by atoms with E-state index in [0.717, 1.165) is 51.9 Å². The van der Waals surface area contributed by atoms with Crippen LogP contribution < -0.4 is 5.32 Å². The van der Waals surface area contributed by atoms with E-state index in [1.807, 2.05) is 13.8 Å². The first-order valence-corrected chi connectivity index (χ1v) is 8.87. The zero-order valence-electron chi connectivity index (χ0n) is 14.1. The van der Waals surface area contributed by atoms with E-state index in [-0.39, 0.29) is 17.9 Å². The maximum Gasteiger partial charge on any atom is 0.234 e. The molecule has 0 spiro atoms. The third-order valence-corrected chi connectivity index (χ3v) is 4.67. The molecule has 2 amide bonds. The minimum atomic E-state index is 0.0901. The average Bonchev–Trinajstić information content (AvgIpc) is 2.75. The van der Waals surface area contributed by atoms with Gasteiger partial charge in [0, 0.05) is 25.0 Å². The van der Waals surface area contributed by atoms with Crippen molar-refractivity contribution in [1.82, 2.24) is 15.1 Å². The molecule has 0 radical (unpaired) electrons. The molecule has 0 aliphatic carbocycles. The molecule has 0 saturated carbocycles. The molecule has 22 heavy (non-hydrogen) atoms. The summed E-state index contributed by atoms with van der Waals surface area (Å²) >= 11 is 0. The number of amides is 2. The molecule has 1 N–H and O–H groups in total. The van der Waals surface area contributed by atoms with E-state index >= 15 is 0 Å². The summed E-state index contributed by atoms with van der Waals surface area (Å²) in [5.41, 5.74) is 0. The van der Waals surface area contributed by atoms with E-state index < -0.39 is 0 Å². The number of likely N-dealkylation sites (tertiary alicyclic amines) is 2. The lowest BCUT2D eigenvalue weighted by Crippen LogP contribution is -2.46. The first kappa shape index (κ1) is 17.3. The Balaban J connectivity index is 1.74. The largest absolute Gasteiger partial charge is 0.353 e. The maximum absolute atomic E-state index is 12.6. The summed E-state index contributed by atoms with van der Waals surface area (Å²) in [6.45, 7) is 8.01. The van der Waals surface area contributed by atoms with Gasteiger partial charge in [-0.1, -0.05) is 12.8 Å². The van der Waals surface area contributed by atoms with Crippen LogP contribution in [0.2, 0.25) is 0 Å². The molecule has 2 aliphatic rings. The lowest BCUT2D eigenvalue weighted by molar-refractivity contribution is -0.137. The molecule has 0 aromatic carbocycles. The van der Waals surface area contributed by atoms with Gasteiger partial charge in [0.15, 0.2) is 0 Å². The summed E-state index contributed by atoms with van der Waals surface area (Å²) in [4.78, 5) is 28.7. The predicted octanol–water partition coefficient (Wildman–Crippen LogP) is 1.63. The smallest absolute Gasteiger partial charge is 0.234 e. The number of hydrogen-bond donors (Lipinski definition) is 1. The second-order valence-corrected chi connectivity index (χ2v) is 7.01. The third kappa shape index (κ3) is 5.27. The van der Waals surface area contributed by atoms with E-state index in [1.165, 1.54) is 12.8 Å². The van der Waals surface area contributed by atoms with Gasteiger partial charge in [-0.3, -0.25) is 14.5 Å².